The Morgan fingerprint density at radius 2 is 1.96 bits per heavy atom. The van der Waals surface area contributed by atoms with Gasteiger partial charge in [0.25, 0.3) is 5.91 Å². The molecule has 1 amide bonds. The maximum atomic E-state index is 13.1. The summed E-state index contributed by atoms with van der Waals surface area (Å²) in [6.07, 6.45) is 3.97. The largest absolute Gasteiger partial charge is 0.333 e. The molecular formula is C19H24F2N4O. The highest BCUT2D eigenvalue weighted by Crippen LogP contribution is 2.32. The SMILES string of the molecule is CN(C)Cc1ccc([C@@H]2CCCCN2C(=O)c2ccnn2C(F)F)cc1. The average Bonchev–Trinajstić information content (AvgIpc) is 3.11. The number of hydrogen-bond donors (Lipinski definition) is 0. The lowest BCUT2D eigenvalue weighted by Crippen LogP contribution is -2.39. The van der Waals surface area contributed by atoms with Crippen molar-refractivity contribution in [2.45, 2.75) is 38.4 Å². The molecule has 2 heterocycles. The summed E-state index contributed by atoms with van der Waals surface area (Å²) in [4.78, 5) is 16.7. The predicted octanol–water partition coefficient (Wildman–Crippen LogP) is 3.71. The number of piperidine rings is 1. The highest BCUT2D eigenvalue weighted by Gasteiger charge is 2.31. The summed E-state index contributed by atoms with van der Waals surface area (Å²) in [5.74, 6) is -0.384. The smallest absolute Gasteiger partial charge is 0.330 e. The molecule has 0 spiro atoms. The monoisotopic (exact) mass is 362 g/mol. The molecule has 140 valence electrons. The van der Waals surface area contributed by atoms with Gasteiger partial charge in [-0.05, 0) is 50.6 Å². The van der Waals surface area contributed by atoms with Gasteiger partial charge in [0.05, 0.1) is 6.04 Å². The van der Waals surface area contributed by atoms with E-state index in [9.17, 15) is 13.6 Å². The van der Waals surface area contributed by atoms with Crippen molar-refractivity contribution in [3.63, 3.8) is 0 Å². The first-order valence-electron chi connectivity index (χ1n) is 8.83. The molecule has 0 saturated carbocycles. The van der Waals surface area contributed by atoms with Gasteiger partial charge in [0.1, 0.15) is 5.69 Å². The van der Waals surface area contributed by atoms with Gasteiger partial charge in [-0.25, -0.2) is 0 Å². The Hall–Kier alpha value is -2.28. The Morgan fingerprint density at radius 1 is 1.23 bits per heavy atom. The average molecular weight is 362 g/mol. The van der Waals surface area contributed by atoms with Crippen LogP contribution in [0.4, 0.5) is 8.78 Å². The molecule has 1 aliphatic rings. The normalized spacial score (nSPS) is 17.9. The second kappa shape index (κ2) is 7.95. The van der Waals surface area contributed by atoms with Crippen molar-refractivity contribution >= 4 is 5.91 Å². The molecule has 0 unspecified atom stereocenters. The molecule has 3 rings (SSSR count). The first-order chi connectivity index (χ1) is 12.5. The number of carbonyl (C=O) groups excluding carboxylic acids is 1. The van der Waals surface area contributed by atoms with Crippen molar-refractivity contribution in [3.8, 4) is 0 Å². The second-order valence-electron chi connectivity index (χ2n) is 6.93. The number of halogens is 2. The lowest BCUT2D eigenvalue weighted by atomic mass is 9.94. The first kappa shape index (κ1) is 18.5. The van der Waals surface area contributed by atoms with Gasteiger partial charge in [-0.15, -0.1) is 0 Å². The molecule has 1 saturated heterocycles. The fraction of sp³-hybridized carbons (Fsp3) is 0.474. The van der Waals surface area contributed by atoms with E-state index in [2.05, 4.69) is 22.1 Å². The maximum Gasteiger partial charge on any atom is 0.333 e. The molecule has 7 heteroatoms. The molecule has 0 aliphatic carbocycles. The first-order valence-corrected chi connectivity index (χ1v) is 8.83. The maximum absolute atomic E-state index is 13.1. The van der Waals surface area contributed by atoms with E-state index in [1.54, 1.807) is 4.90 Å². The van der Waals surface area contributed by atoms with E-state index in [1.165, 1.54) is 17.8 Å². The zero-order valence-corrected chi connectivity index (χ0v) is 15.1. The number of carbonyl (C=O) groups is 1. The third-order valence-corrected chi connectivity index (χ3v) is 4.70. The Bertz CT molecular complexity index is 742. The predicted molar refractivity (Wildman–Crippen MR) is 94.9 cm³/mol. The Labute approximate surface area is 152 Å². The summed E-state index contributed by atoms with van der Waals surface area (Å²) >= 11 is 0. The van der Waals surface area contributed by atoms with Gasteiger partial charge in [-0.3, -0.25) is 4.79 Å². The number of amides is 1. The standard InChI is InChI=1S/C19H24F2N4O/c1-23(2)13-14-6-8-15(9-7-14)16-5-3-4-12-24(16)18(26)17-10-11-22-25(17)19(20)21/h6-11,16,19H,3-5,12-13H2,1-2H3/t16-/m0/s1. The van der Waals surface area contributed by atoms with Crippen LogP contribution in [0, 0.1) is 0 Å². The van der Waals surface area contributed by atoms with Gasteiger partial charge >= 0.3 is 6.55 Å². The topological polar surface area (TPSA) is 41.4 Å². The number of rotatable bonds is 5. The van der Waals surface area contributed by atoms with Crippen molar-refractivity contribution in [2.75, 3.05) is 20.6 Å². The Balaban J connectivity index is 1.83. The van der Waals surface area contributed by atoms with Crippen LogP contribution in [0.5, 0.6) is 0 Å². The van der Waals surface area contributed by atoms with E-state index in [0.29, 0.717) is 11.2 Å². The number of benzene rings is 1. The van der Waals surface area contributed by atoms with E-state index in [4.69, 9.17) is 0 Å². The molecular weight excluding hydrogens is 338 g/mol. The summed E-state index contributed by atoms with van der Waals surface area (Å²) in [5, 5.41) is 3.58. The minimum absolute atomic E-state index is 0.0591. The van der Waals surface area contributed by atoms with E-state index >= 15 is 0 Å². The number of likely N-dealkylation sites (tertiary alicyclic amines) is 1. The molecule has 2 aromatic rings. The van der Waals surface area contributed by atoms with Gasteiger partial charge in [0, 0.05) is 19.3 Å². The number of nitrogens with zero attached hydrogens (tertiary/aromatic N) is 4. The molecule has 0 radical (unpaired) electrons. The molecule has 1 fully saturated rings. The van der Waals surface area contributed by atoms with E-state index in [1.807, 2.05) is 26.2 Å². The van der Waals surface area contributed by atoms with Gasteiger partial charge in [0.15, 0.2) is 0 Å². The highest BCUT2D eigenvalue weighted by molar-refractivity contribution is 5.93. The van der Waals surface area contributed by atoms with Crippen LogP contribution < -0.4 is 0 Å². The highest BCUT2D eigenvalue weighted by atomic mass is 19.3. The molecule has 1 atom stereocenters. The van der Waals surface area contributed by atoms with Gasteiger partial charge in [0.2, 0.25) is 0 Å². The summed E-state index contributed by atoms with van der Waals surface area (Å²) in [5.41, 5.74) is 2.18. The number of hydrogen-bond acceptors (Lipinski definition) is 3. The van der Waals surface area contributed by atoms with Crippen LogP contribution in [0.3, 0.4) is 0 Å². The van der Waals surface area contributed by atoms with E-state index in [0.717, 1.165) is 31.4 Å². The van der Waals surface area contributed by atoms with Crippen LogP contribution in [0.2, 0.25) is 0 Å². The van der Waals surface area contributed by atoms with Crippen LogP contribution in [0.15, 0.2) is 36.5 Å². The van der Waals surface area contributed by atoms with Crippen LogP contribution in [0.25, 0.3) is 0 Å². The number of alkyl halides is 2. The Kier molecular flexibility index (Phi) is 5.66. The summed E-state index contributed by atoms with van der Waals surface area (Å²) in [7, 11) is 4.03. The lowest BCUT2D eigenvalue weighted by molar-refractivity contribution is 0.0411. The van der Waals surface area contributed by atoms with Crippen molar-refractivity contribution < 1.29 is 13.6 Å². The summed E-state index contributed by atoms with van der Waals surface area (Å²) in [6.45, 7) is -1.41. The fourth-order valence-electron chi connectivity index (χ4n) is 3.52. The van der Waals surface area contributed by atoms with E-state index in [-0.39, 0.29) is 17.6 Å². The second-order valence-corrected chi connectivity index (χ2v) is 6.93. The lowest BCUT2D eigenvalue weighted by Gasteiger charge is -2.36. The minimum Gasteiger partial charge on any atom is -0.330 e. The van der Waals surface area contributed by atoms with Crippen molar-refractivity contribution in [1.29, 1.82) is 0 Å². The molecule has 1 aromatic heterocycles. The van der Waals surface area contributed by atoms with Crippen molar-refractivity contribution in [3.05, 3.63) is 53.3 Å². The van der Waals surface area contributed by atoms with Crippen LogP contribution in [0.1, 0.15) is 53.5 Å². The molecule has 1 aliphatic heterocycles. The van der Waals surface area contributed by atoms with Crippen molar-refractivity contribution in [1.82, 2.24) is 19.6 Å². The molecule has 5 nitrogen and oxygen atoms in total. The van der Waals surface area contributed by atoms with Gasteiger partial charge < -0.3 is 9.80 Å². The summed E-state index contributed by atoms with van der Waals surface area (Å²) < 4.78 is 26.7. The van der Waals surface area contributed by atoms with Crippen LogP contribution >= 0.6 is 0 Å². The molecule has 0 bridgehead atoms. The molecule has 0 N–H and O–H groups in total. The third-order valence-electron chi connectivity index (χ3n) is 4.70. The van der Waals surface area contributed by atoms with Gasteiger partial charge in [-0.1, -0.05) is 24.3 Å². The number of aromatic nitrogens is 2. The zero-order valence-electron chi connectivity index (χ0n) is 15.1. The zero-order chi connectivity index (χ0) is 18.7. The summed E-state index contributed by atoms with van der Waals surface area (Å²) in [6, 6.07) is 9.48. The quantitative estimate of drug-likeness (QED) is 0.814. The van der Waals surface area contributed by atoms with Crippen LogP contribution in [-0.2, 0) is 6.54 Å². The molecule has 1 aromatic carbocycles. The molecule has 26 heavy (non-hydrogen) atoms. The third kappa shape index (κ3) is 3.93. The van der Waals surface area contributed by atoms with Gasteiger partial charge in [-0.2, -0.15) is 18.6 Å². The van der Waals surface area contributed by atoms with Crippen LogP contribution in [-0.4, -0.2) is 46.1 Å². The fourth-order valence-corrected chi connectivity index (χ4v) is 3.52. The minimum atomic E-state index is -2.82. The Morgan fingerprint density at radius 3 is 2.62 bits per heavy atom. The van der Waals surface area contributed by atoms with Crippen molar-refractivity contribution in [2.24, 2.45) is 0 Å². The van der Waals surface area contributed by atoms with E-state index < -0.39 is 6.55 Å².